The normalized spacial score (nSPS) is 15.4. The highest BCUT2D eigenvalue weighted by Crippen LogP contribution is 2.22. The largest absolute Gasteiger partial charge is 0.310 e. The Morgan fingerprint density at radius 2 is 2.05 bits per heavy atom. The van der Waals surface area contributed by atoms with Gasteiger partial charge < -0.3 is 5.32 Å². The molecule has 0 saturated heterocycles. The Bertz CT molecular complexity index is 530. The van der Waals surface area contributed by atoms with Gasteiger partial charge in [0.2, 0.25) is 0 Å². The molecule has 1 atom stereocenters. The first-order valence-corrected chi connectivity index (χ1v) is 8.10. The predicted molar refractivity (Wildman–Crippen MR) is 82.8 cm³/mol. The van der Waals surface area contributed by atoms with Gasteiger partial charge in [0.25, 0.3) is 0 Å². The van der Waals surface area contributed by atoms with Gasteiger partial charge in [-0.2, -0.15) is 11.3 Å². The molecule has 0 amide bonds. The highest BCUT2D eigenvalue weighted by molar-refractivity contribution is 7.07. The fourth-order valence-corrected chi connectivity index (χ4v) is 3.54. The van der Waals surface area contributed by atoms with Crippen LogP contribution in [0.15, 0.2) is 35.0 Å². The molecule has 0 aliphatic heterocycles. The fourth-order valence-electron chi connectivity index (χ4n) is 2.86. The van der Waals surface area contributed by atoms with E-state index >= 15 is 0 Å². The second-order valence-electron chi connectivity index (χ2n) is 5.57. The quantitative estimate of drug-likeness (QED) is 0.868. The molecule has 2 aromatic rings. The summed E-state index contributed by atoms with van der Waals surface area (Å²) in [5.41, 5.74) is 6.01. The molecule has 1 aromatic carbocycles. The first-order chi connectivity index (χ1) is 9.31. The fraction of sp³-hybridized carbons (Fsp3) is 0.412. The zero-order valence-corrected chi connectivity index (χ0v) is 12.3. The van der Waals surface area contributed by atoms with E-state index in [2.05, 4.69) is 47.3 Å². The Morgan fingerprint density at radius 1 is 1.16 bits per heavy atom. The van der Waals surface area contributed by atoms with E-state index in [1.165, 1.54) is 30.4 Å². The zero-order chi connectivity index (χ0) is 13.1. The summed E-state index contributed by atoms with van der Waals surface area (Å²) in [5.74, 6) is 0. The SMILES string of the molecule is CC(Cc1ccsc1)NCc1ccc2c(c1)CCC2. The van der Waals surface area contributed by atoms with Crippen molar-refractivity contribution in [2.45, 2.75) is 45.2 Å². The Kier molecular flexibility index (Phi) is 4.00. The molecule has 0 radical (unpaired) electrons. The monoisotopic (exact) mass is 271 g/mol. The third-order valence-electron chi connectivity index (χ3n) is 3.94. The molecule has 1 aliphatic carbocycles. The minimum atomic E-state index is 0.530. The van der Waals surface area contributed by atoms with Crippen molar-refractivity contribution >= 4 is 11.3 Å². The van der Waals surface area contributed by atoms with Crippen molar-refractivity contribution in [2.75, 3.05) is 0 Å². The second kappa shape index (κ2) is 5.89. The zero-order valence-electron chi connectivity index (χ0n) is 11.5. The maximum atomic E-state index is 3.63. The van der Waals surface area contributed by atoms with Crippen LogP contribution in [-0.2, 0) is 25.8 Å². The van der Waals surface area contributed by atoms with Crippen LogP contribution in [0.4, 0.5) is 0 Å². The van der Waals surface area contributed by atoms with E-state index < -0.39 is 0 Å². The van der Waals surface area contributed by atoms with Crippen LogP contribution in [0, 0.1) is 0 Å². The van der Waals surface area contributed by atoms with E-state index in [4.69, 9.17) is 0 Å². The van der Waals surface area contributed by atoms with Crippen molar-refractivity contribution < 1.29 is 0 Å². The molecule has 100 valence electrons. The number of hydrogen-bond donors (Lipinski definition) is 1. The summed E-state index contributed by atoms with van der Waals surface area (Å²) in [7, 11) is 0. The maximum Gasteiger partial charge on any atom is 0.0208 e. The minimum absolute atomic E-state index is 0.530. The third-order valence-corrected chi connectivity index (χ3v) is 4.67. The minimum Gasteiger partial charge on any atom is -0.310 e. The molecule has 1 unspecified atom stereocenters. The van der Waals surface area contributed by atoms with E-state index in [9.17, 15) is 0 Å². The Hall–Kier alpha value is -1.12. The van der Waals surface area contributed by atoms with Gasteiger partial charge in [0.1, 0.15) is 0 Å². The van der Waals surface area contributed by atoms with Crippen LogP contribution in [0.3, 0.4) is 0 Å². The molecule has 1 nitrogen and oxygen atoms in total. The van der Waals surface area contributed by atoms with Gasteiger partial charge in [0.15, 0.2) is 0 Å². The van der Waals surface area contributed by atoms with Crippen LogP contribution in [0.25, 0.3) is 0 Å². The second-order valence-corrected chi connectivity index (χ2v) is 6.35. The molecule has 1 aromatic heterocycles. The van der Waals surface area contributed by atoms with Gasteiger partial charge in [0.05, 0.1) is 0 Å². The Morgan fingerprint density at radius 3 is 2.89 bits per heavy atom. The number of fused-ring (bicyclic) bond motifs is 1. The topological polar surface area (TPSA) is 12.0 Å². The van der Waals surface area contributed by atoms with Crippen molar-refractivity contribution in [1.82, 2.24) is 5.32 Å². The van der Waals surface area contributed by atoms with E-state index in [0.29, 0.717) is 6.04 Å². The summed E-state index contributed by atoms with van der Waals surface area (Å²) in [6, 6.07) is 9.75. The van der Waals surface area contributed by atoms with Crippen LogP contribution in [0.1, 0.15) is 35.6 Å². The molecule has 0 saturated carbocycles. The highest BCUT2D eigenvalue weighted by atomic mass is 32.1. The molecule has 0 fully saturated rings. The molecular formula is C17H21NS. The van der Waals surface area contributed by atoms with E-state index in [1.807, 2.05) is 0 Å². The van der Waals surface area contributed by atoms with Crippen molar-refractivity contribution in [3.63, 3.8) is 0 Å². The van der Waals surface area contributed by atoms with Crippen LogP contribution in [0.5, 0.6) is 0 Å². The van der Waals surface area contributed by atoms with E-state index in [1.54, 1.807) is 22.5 Å². The third kappa shape index (κ3) is 3.26. The van der Waals surface area contributed by atoms with Gasteiger partial charge in [-0.05, 0) is 71.7 Å². The van der Waals surface area contributed by atoms with Crippen molar-refractivity contribution in [3.8, 4) is 0 Å². The maximum absolute atomic E-state index is 3.63. The number of nitrogens with one attached hydrogen (secondary N) is 1. The van der Waals surface area contributed by atoms with Gasteiger partial charge in [0, 0.05) is 12.6 Å². The van der Waals surface area contributed by atoms with Gasteiger partial charge >= 0.3 is 0 Å². The van der Waals surface area contributed by atoms with Crippen LogP contribution >= 0.6 is 11.3 Å². The summed E-state index contributed by atoms with van der Waals surface area (Å²) in [6.07, 6.45) is 5.00. The summed E-state index contributed by atoms with van der Waals surface area (Å²) < 4.78 is 0. The first kappa shape index (κ1) is 12.9. The number of hydrogen-bond acceptors (Lipinski definition) is 2. The molecule has 1 N–H and O–H groups in total. The Labute approximate surface area is 119 Å². The summed E-state index contributed by atoms with van der Waals surface area (Å²) >= 11 is 1.78. The van der Waals surface area contributed by atoms with Gasteiger partial charge in [-0.15, -0.1) is 0 Å². The summed E-state index contributed by atoms with van der Waals surface area (Å²) in [5, 5.41) is 8.03. The highest BCUT2D eigenvalue weighted by Gasteiger charge is 2.11. The molecule has 1 heterocycles. The van der Waals surface area contributed by atoms with E-state index in [-0.39, 0.29) is 0 Å². The molecule has 0 spiro atoms. The molecule has 0 bridgehead atoms. The average molecular weight is 271 g/mol. The molecular weight excluding hydrogens is 250 g/mol. The van der Waals surface area contributed by atoms with Crippen LogP contribution in [0.2, 0.25) is 0 Å². The lowest BCUT2D eigenvalue weighted by Gasteiger charge is -2.13. The number of thiophene rings is 1. The summed E-state index contributed by atoms with van der Waals surface area (Å²) in [4.78, 5) is 0. The number of aryl methyl sites for hydroxylation is 2. The van der Waals surface area contributed by atoms with Gasteiger partial charge in [-0.1, -0.05) is 18.2 Å². The lowest BCUT2D eigenvalue weighted by Crippen LogP contribution is -2.27. The molecule has 1 aliphatic rings. The van der Waals surface area contributed by atoms with Crippen LogP contribution < -0.4 is 5.32 Å². The number of rotatable bonds is 5. The lowest BCUT2D eigenvalue weighted by atomic mass is 10.1. The average Bonchev–Trinajstić information content (AvgIpc) is 3.06. The van der Waals surface area contributed by atoms with E-state index in [0.717, 1.165) is 13.0 Å². The predicted octanol–water partition coefficient (Wildman–Crippen LogP) is 3.96. The molecule has 2 heteroatoms. The van der Waals surface area contributed by atoms with Crippen molar-refractivity contribution in [2.24, 2.45) is 0 Å². The van der Waals surface area contributed by atoms with Crippen LogP contribution in [-0.4, -0.2) is 6.04 Å². The first-order valence-electron chi connectivity index (χ1n) is 7.16. The smallest absolute Gasteiger partial charge is 0.0208 e. The summed E-state index contributed by atoms with van der Waals surface area (Å²) in [6.45, 7) is 3.25. The van der Waals surface area contributed by atoms with Gasteiger partial charge in [-0.3, -0.25) is 0 Å². The Balaban J connectivity index is 1.54. The van der Waals surface area contributed by atoms with Gasteiger partial charge in [-0.25, -0.2) is 0 Å². The van der Waals surface area contributed by atoms with Crippen molar-refractivity contribution in [3.05, 3.63) is 57.3 Å². The standard InChI is InChI=1S/C17H21NS/c1-13(9-15-7-8-19-12-15)18-11-14-5-6-16-3-2-4-17(16)10-14/h5-8,10,12-13,18H,2-4,9,11H2,1H3. The van der Waals surface area contributed by atoms with Crippen molar-refractivity contribution in [1.29, 1.82) is 0 Å². The number of benzene rings is 1. The molecule has 19 heavy (non-hydrogen) atoms. The molecule has 3 rings (SSSR count). The lowest BCUT2D eigenvalue weighted by molar-refractivity contribution is 0.546.